The summed E-state index contributed by atoms with van der Waals surface area (Å²) in [7, 11) is 5.49. The average molecular weight is 245 g/mol. The van der Waals surface area contributed by atoms with E-state index in [1.165, 1.54) is 10.9 Å². The van der Waals surface area contributed by atoms with Crippen LogP contribution >= 0.6 is 0 Å². The normalized spacial score (nSPS) is 10.8. The first kappa shape index (κ1) is 12.6. The van der Waals surface area contributed by atoms with Gasteiger partial charge in [-0.15, -0.1) is 0 Å². The molecule has 0 spiro atoms. The third kappa shape index (κ3) is 2.38. The molecule has 1 aromatic heterocycles. The molecule has 0 saturated heterocycles. The van der Waals surface area contributed by atoms with Gasteiger partial charge in [-0.1, -0.05) is 18.2 Å². The van der Waals surface area contributed by atoms with Crippen LogP contribution in [0.4, 0.5) is 0 Å². The standard InChI is InChI=1S/C14H19N3O/c1-15-8-11-9-17(10-14(18)16(2)3)13-7-5-4-6-12(11)13/h4-7,9,15H,8,10H2,1-3H3. The van der Waals surface area contributed by atoms with Crippen molar-refractivity contribution < 1.29 is 4.79 Å². The van der Waals surface area contributed by atoms with Crippen LogP contribution < -0.4 is 5.32 Å². The Balaban J connectivity index is 2.41. The molecule has 4 heteroatoms. The Labute approximate surface area is 107 Å². The van der Waals surface area contributed by atoms with E-state index in [1.54, 1.807) is 19.0 Å². The van der Waals surface area contributed by atoms with Gasteiger partial charge >= 0.3 is 0 Å². The van der Waals surface area contributed by atoms with Gasteiger partial charge in [-0.05, 0) is 18.7 Å². The van der Waals surface area contributed by atoms with Crippen LogP contribution in [0, 0.1) is 0 Å². The summed E-state index contributed by atoms with van der Waals surface area (Å²) in [5.41, 5.74) is 2.33. The molecule has 2 rings (SSSR count). The van der Waals surface area contributed by atoms with Crippen molar-refractivity contribution in [3.63, 3.8) is 0 Å². The monoisotopic (exact) mass is 245 g/mol. The van der Waals surface area contributed by atoms with E-state index in [0.29, 0.717) is 6.54 Å². The molecule has 2 aromatic rings. The molecule has 0 saturated carbocycles. The number of likely N-dealkylation sites (N-methyl/N-ethyl adjacent to an activating group) is 1. The van der Waals surface area contributed by atoms with Crippen molar-refractivity contribution in [3.05, 3.63) is 36.0 Å². The van der Waals surface area contributed by atoms with E-state index >= 15 is 0 Å². The van der Waals surface area contributed by atoms with Crippen molar-refractivity contribution in [1.29, 1.82) is 0 Å². The Kier molecular flexibility index (Phi) is 3.67. The van der Waals surface area contributed by atoms with Gasteiger partial charge in [0.2, 0.25) is 5.91 Å². The van der Waals surface area contributed by atoms with E-state index in [-0.39, 0.29) is 5.91 Å². The van der Waals surface area contributed by atoms with Crippen molar-refractivity contribution in [3.8, 4) is 0 Å². The van der Waals surface area contributed by atoms with Crippen molar-refractivity contribution in [2.24, 2.45) is 0 Å². The lowest BCUT2D eigenvalue weighted by molar-refractivity contribution is -0.129. The number of nitrogens with zero attached hydrogens (tertiary/aromatic N) is 2. The van der Waals surface area contributed by atoms with Gasteiger partial charge in [0.15, 0.2) is 0 Å². The molecule has 1 aromatic carbocycles. The van der Waals surface area contributed by atoms with E-state index < -0.39 is 0 Å². The molecule has 0 unspecified atom stereocenters. The number of carbonyl (C=O) groups excluding carboxylic acids is 1. The summed E-state index contributed by atoms with van der Waals surface area (Å²) in [6.07, 6.45) is 2.06. The second kappa shape index (κ2) is 5.23. The van der Waals surface area contributed by atoms with Crippen molar-refractivity contribution in [2.45, 2.75) is 13.1 Å². The highest BCUT2D eigenvalue weighted by Gasteiger charge is 2.11. The predicted octanol–water partition coefficient (Wildman–Crippen LogP) is 1.45. The van der Waals surface area contributed by atoms with Crippen molar-refractivity contribution in [1.82, 2.24) is 14.8 Å². The van der Waals surface area contributed by atoms with Gasteiger partial charge in [0, 0.05) is 37.7 Å². The molecule has 1 heterocycles. The third-order valence-corrected chi connectivity index (χ3v) is 3.04. The smallest absolute Gasteiger partial charge is 0.241 e. The van der Waals surface area contributed by atoms with Crippen LogP contribution in [0.25, 0.3) is 10.9 Å². The Morgan fingerprint density at radius 2 is 2.06 bits per heavy atom. The lowest BCUT2D eigenvalue weighted by atomic mass is 10.2. The first-order chi connectivity index (χ1) is 8.63. The Morgan fingerprint density at radius 3 is 2.72 bits per heavy atom. The number of para-hydroxylation sites is 1. The lowest BCUT2D eigenvalue weighted by Crippen LogP contribution is -2.25. The number of amides is 1. The zero-order valence-electron chi connectivity index (χ0n) is 11.1. The fraction of sp³-hybridized carbons (Fsp3) is 0.357. The summed E-state index contributed by atoms with van der Waals surface area (Å²) in [6.45, 7) is 1.20. The van der Waals surface area contributed by atoms with Crippen molar-refractivity contribution in [2.75, 3.05) is 21.1 Å². The fourth-order valence-corrected chi connectivity index (χ4v) is 2.07. The Morgan fingerprint density at radius 1 is 1.33 bits per heavy atom. The summed E-state index contributed by atoms with van der Waals surface area (Å²) in [5, 5.41) is 4.36. The van der Waals surface area contributed by atoms with Gasteiger partial charge in [-0.2, -0.15) is 0 Å². The molecule has 0 atom stereocenters. The van der Waals surface area contributed by atoms with Gasteiger partial charge in [-0.3, -0.25) is 4.79 Å². The Hall–Kier alpha value is -1.81. The molecule has 1 amide bonds. The minimum atomic E-state index is 0.103. The second-order valence-corrected chi connectivity index (χ2v) is 4.62. The zero-order chi connectivity index (χ0) is 13.1. The van der Waals surface area contributed by atoms with E-state index in [0.717, 1.165) is 12.1 Å². The van der Waals surface area contributed by atoms with Gasteiger partial charge < -0.3 is 14.8 Å². The van der Waals surface area contributed by atoms with Gasteiger partial charge in [0.25, 0.3) is 0 Å². The number of hydrogen-bond acceptors (Lipinski definition) is 2. The average Bonchev–Trinajstić information content (AvgIpc) is 2.69. The van der Waals surface area contributed by atoms with E-state index in [4.69, 9.17) is 0 Å². The molecule has 96 valence electrons. The largest absolute Gasteiger partial charge is 0.347 e. The van der Waals surface area contributed by atoms with E-state index in [1.807, 2.05) is 23.7 Å². The first-order valence-electron chi connectivity index (χ1n) is 6.05. The predicted molar refractivity (Wildman–Crippen MR) is 73.4 cm³/mol. The highest BCUT2D eigenvalue weighted by Crippen LogP contribution is 2.21. The molecule has 18 heavy (non-hydrogen) atoms. The number of benzene rings is 1. The SMILES string of the molecule is CNCc1cn(CC(=O)N(C)C)c2ccccc12. The van der Waals surface area contributed by atoms with Crippen molar-refractivity contribution >= 4 is 16.8 Å². The quantitative estimate of drug-likeness (QED) is 0.885. The van der Waals surface area contributed by atoms with Gasteiger partial charge in [0.05, 0.1) is 0 Å². The molecular weight excluding hydrogens is 226 g/mol. The van der Waals surface area contributed by atoms with Crippen LogP contribution in [-0.2, 0) is 17.9 Å². The summed E-state index contributed by atoms with van der Waals surface area (Å²) >= 11 is 0. The highest BCUT2D eigenvalue weighted by atomic mass is 16.2. The molecule has 0 bridgehead atoms. The van der Waals surface area contributed by atoms with Crippen LogP contribution in [0.15, 0.2) is 30.5 Å². The van der Waals surface area contributed by atoms with Crippen LogP contribution in [-0.4, -0.2) is 36.5 Å². The molecule has 0 aliphatic carbocycles. The van der Waals surface area contributed by atoms with Crippen LogP contribution in [0.2, 0.25) is 0 Å². The van der Waals surface area contributed by atoms with E-state index in [9.17, 15) is 4.79 Å². The van der Waals surface area contributed by atoms with Crippen LogP contribution in [0.5, 0.6) is 0 Å². The highest BCUT2D eigenvalue weighted by molar-refractivity contribution is 5.86. The fourth-order valence-electron chi connectivity index (χ4n) is 2.07. The minimum Gasteiger partial charge on any atom is -0.347 e. The molecule has 1 N–H and O–H groups in total. The summed E-state index contributed by atoms with van der Waals surface area (Å²) in [5.74, 6) is 0.103. The third-order valence-electron chi connectivity index (χ3n) is 3.04. The zero-order valence-corrected chi connectivity index (χ0v) is 11.1. The number of fused-ring (bicyclic) bond motifs is 1. The molecule has 0 fully saturated rings. The number of nitrogens with one attached hydrogen (secondary N) is 1. The molecule has 0 aliphatic heterocycles. The molecule has 4 nitrogen and oxygen atoms in total. The number of hydrogen-bond donors (Lipinski definition) is 1. The summed E-state index contributed by atoms with van der Waals surface area (Å²) < 4.78 is 2.02. The summed E-state index contributed by atoms with van der Waals surface area (Å²) in [6, 6.07) is 8.18. The lowest BCUT2D eigenvalue weighted by Gasteiger charge is -2.11. The van der Waals surface area contributed by atoms with E-state index in [2.05, 4.69) is 23.6 Å². The molecular formula is C14H19N3O. The van der Waals surface area contributed by atoms with Crippen LogP contribution in [0.1, 0.15) is 5.56 Å². The number of carbonyl (C=O) groups is 1. The molecule has 0 aliphatic rings. The first-order valence-corrected chi connectivity index (χ1v) is 6.05. The second-order valence-electron chi connectivity index (χ2n) is 4.62. The maximum absolute atomic E-state index is 11.8. The van der Waals surface area contributed by atoms with Crippen LogP contribution in [0.3, 0.4) is 0 Å². The maximum Gasteiger partial charge on any atom is 0.241 e. The maximum atomic E-state index is 11.8. The summed E-state index contributed by atoms with van der Waals surface area (Å²) in [4.78, 5) is 13.4. The number of aromatic nitrogens is 1. The topological polar surface area (TPSA) is 37.3 Å². The Bertz CT molecular complexity index is 557. The number of rotatable bonds is 4. The molecule has 0 radical (unpaired) electrons. The van der Waals surface area contributed by atoms with Gasteiger partial charge in [-0.25, -0.2) is 0 Å². The van der Waals surface area contributed by atoms with Gasteiger partial charge in [0.1, 0.15) is 6.54 Å². The minimum absolute atomic E-state index is 0.103.